The van der Waals surface area contributed by atoms with Crippen LogP contribution in [0.3, 0.4) is 0 Å². The van der Waals surface area contributed by atoms with Crippen molar-refractivity contribution in [2.75, 3.05) is 0 Å². The SMILES string of the molecule is Cc1c2ccccc2nc2cc(O)ccc12. The van der Waals surface area contributed by atoms with Crippen molar-refractivity contribution in [1.29, 1.82) is 0 Å². The molecule has 1 heterocycles. The first-order valence-electron chi connectivity index (χ1n) is 5.24. The molecule has 0 atom stereocenters. The Morgan fingerprint density at radius 3 is 2.56 bits per heavy atom. The fourth-order valence-corrected chi connectivity index (χ4v) is 2.09. The van der Waals surface area contributed by atoms with E-state index in [1.807, 2.05) is 24.3 Å². The Bertz CT molecular complexity index is 689. The first-order valence-corrected chi connectivity index (χ1v) is 5.24. The molecule has 0 bridgehead atoms. The summed E-state index contributed by atoms with van der Waals surface area (Å²) in [4.78, 5) is 4.54. The van der Waals surface area contributed by atoms with Gasteiger partial charge in [-0.1, -0.05) is 18.2 Å². The number of nitrogens with zero attached hydrogens (tertiary/aromatic N) is 1. The van der Waals surface area contributed by atoms with Crippen LogP contribution in [0.1, 0.15) is 5.56 Å². The summed E-state index contributed by atoms with van der Waals surface area (Å²) in [5, 5.41) is 11.7. The lowest BCUT2D eigenvalue weighted by Gasteiger charge is -2.06. The van der Waals surface area contributed by atoms with Crippen LogP contribution in [-0.2, 0) is 0 Å². The van der Waals surface area contributed by atoms with Crippen molar-refractivity contribution in [3.05, 3.63) is 48.0 Å². The van der Waals surface area contributed by atoms with Gasteiger partial charge in [0.1, 0.15) is 5.75 Å². The molecule has 2 heteroatoms. The number of pyridine rings is 1. The van der Waals surface area contributed by atoms with E-state index in [0.29, 0.717) is 0 Å². The van der Waals surface area contributed by atoms with Crippen molar-refractivity contribution in [3.63, 3.8) is 0 Å². The summed E-state index contributed by atoms with van der Waals surface area (Å²) in [6.45, 7) is 2.09. The van der Waals surface area contributed by atoms with Crippen LogP contribution in [0.25, 0.3) is 21.8 Å². The van der Waals surface area contributed by atoms with Gasteiger partial charge < -0.3 is 5.11 Å². The first-order chi connectivity index (χ1) is 7.75. The zero-order valence-corrected chi connectivity index (χ0v) is 8.94. The highest BCUT2D eigenvalue weighted by Crippen LogP contribution is 2.27. The Morgan fingerprint density at radius 2 is 1.69 bits per heavy atom. The molecule has 16 heavy (non-hydrogen) atoms. The molecule has 0 fully saturated rings. The van der Waals surface area contributed by atoms with Gasteiger partial charge in [-0.2, -0.15) is 0 Å². The van der Waals surface area contributed by atoms with Crippen molar-refractivity contribution >= 4 is 21.8 Å². The average molecular weight is 209 g/mol. The highest BCUT2D eigenvalue weighted by molar-refractivity contribution is 5.97. The third-order valence-electron chi connectivity index (χ3n) is 2.93. The zero-order chi connectivity index (χ0) is 11.1. The highest BCUT2D eigenvalue weighted by Gasteiger charge is 2.05. The smallest absolute Gasteiger partial charge is 0.117 e. The van der Waals surface area contributed by atoms with Crippen LogP contribution < -0.4 is 0 Å². The van der Waals surface area contributed by atoms with E-state index in [4.69, 9.17) is 0 Å². The van der Waals surface area contributed by atoms with Crippen molar-refractivity contribution in [1.82, 2.24) is 4.98 Å². The number of para-hydroxylation sites is 1. The molecule has 0 aliphatic heterocycles. The number of aromatic hydroxyl groups is 1. The molecule has 2 nitrogen and oxygen atoms in total. The molecule has 1 N–H and O–H groups in total. The molecule has 0 aliphatic rings. The monoisotopic (exact) mass is 209 g/mol. The predicted octanol–water partition coefficient (Wildman–Crippen LogP) is 3.40. The van der Waals surface area contributed by atoms with Crippen LogP contribution in [-0.4, -0.2) is 10.1 Å². The number of rotatable bonds is 0. The first kappa shape index (κ1) is 9.16. The van der Waals surface area contributed by atoms with Gasteiger partial charge in [-0.05, 0) is 30.7 Å². The quantitative estimate of drug-likeness (QED) is 0.575. The molecule has 1 aromatic heterocycles. The van der Waals surface area contributed by atoms with E-state index in [1.165, 1.54) is 10.9 Å². The molecule has 0 unspecified atom stereocenters. The van der Waals surface area contributed by atoms with Crippen molar-refractivity contribution < 1.29 is 5.11 Å². The lowest BCUT2D eigenvalue weighted by Crippen LogP contribution is -1.86. The second-order valence-electron chi connectivity index (χ2n) is 3.96. The number of benzene rings is 2. The maximum absolute atomic E-state index is 9.45. The summed E-state index contributed by atoms with van der Waals surface area (Å²) in [6, 6.07) is 13.4. The van der Waals surface area contributed by atoms with Crippen LogP contribution in [0.4, 0.5) is 0 Å². The molecule has 0 radical (unpaired) electrons. The molecule has 2 aromatic carbocycles. The molecule has 0 spiro atoms. The standard InChI is InChI=1S/C14H11NO/c1-9-11-4-2-3-5-13(11)15-14-8-10(16)6-7-12(9)14/h2-8,16H,1H3. The second-order valence-corrected chi connectivity index (χ2v) is 3.96. The maximum Gasteiger partial charge on any atom is 0.117 e. The largest absolute Gasteiger partial charge is 0.508 e. The molecule has 0 saturated heterocycles. The molecule has 3 aromatic rings. The lowest BCUT2D eigenvalue weighted by molar-refractivity contribution is 0.476. The van der Waals surface area contributed by atoms with Crippen LogP contribution in [0.2, 0.25) is 0 Å². The van der Waals surface area contributed by atoms with Gasteiger partial charge >= 0.3 is 0 Å². The van der Waals surface area contributed by atoms with E-state index in [1.54, 1.807) is 12.1 Å². The third-order valence-corrected chi connectivity index (χ3v) is 2.93. The molecule has 0 amide bonds. The second kappa shape index (κ2) is 3.20. The molecule has 3 rings (SSSR count). The van der Waals surface area contributed by atoms with Gasteiger partial charge in [0.05, 0.1) is 11.0 Å². The van der Waals surface area contributed by atoms with Crippen LogP contribution in [0.15, 0.2) is 42.5 Å². The lowest BCUT2D eigenvalue weighted by atomic mass is 10.0. The fourth-order valence-electron chi connectivity index (χ4n) is 2.09. The minimum absolute atomic E-state index is 0.259. The van der Waals surface area contributed by atoms with Gasteiger partial charge in [-0.15, -0.1) is 0 Å². The number of hydrogen-bond donors (Lipinski definition) is 1. The molecule has 0 aliphatic carbocycles. The van der Waals surface area contributed by atoms with E-state index in [9.17, 15) is 5.11 Å². The van der Waals surface area contributed by atoms with E-state index in [0.717, 1.165) is 16.4 Å². The van der Waals surface area contributed by atoms with Crippen LogP contribution in [0.5, 0.6) is 5.75 Å². The topological polar surface area (TPSA) is 33.1 Å². The third kappa shape index (κ3) is 1.23. The zero-order valence-electron chi connectivity index (χ0n) is 8.94. The van der Waals surface area contributed by atoms with Crippen molar-refractivity contribution in [3.8, 4) is 5.75 Å². The van der Waals surface area contributed by atoms with Gasteiger partial charge in [0.2, 0.25) is 0 Å². The maximum atomic E-state index is 9.45. The Balaban J connectivity index is 2.55. The molecular formula is C14H11NO. The molecule has 78 valence electrons. The van der Waals surface area contributed by atoms with Crippen molar-refractivity contribution in [2.24, 2.45) is 0 Å². The van der Waals surface area contributed by atoms with Gasteiger partial charge in [-0.3, -0.25) is 0 Å². The number of aryl methyl sites for hydroxylation is 1. The van der Waals surface area contributed by atoms with Crippen LogP contribution in [0, 0.1) is 6.92 Å². The Labute approximate surface area is 93.2 Å². The fraction of sp³-hybridized carbons (Fsp3) is 0.0714. The summed E-state index contributed by atoms with van der Waals surface area (Å²) in [5.74, 6) is 0.259. The Hall–Kier alpha value is -2.09. The van der Waals surface area contributed by atoms with E-state index >= 15 is 0 Å². The Morgan fingerprint density at radius 1 is 0.938 bits per heavy atom. The molecular weight excluding hydrogens is 198 g/mol. The van der Waals surface area contributed by atoms with Crippen LogP contribution >= 0.6 is 0 Å². The molecule has 0 saturated carbocycles. The normalized spacial score (nSPS) is 11.1. The van der Waals surface area contributed by atoms with E-state index in [2.05, 4.69) is 18.0 Å². The number of aromatic nitrogens is 1. The minimum Gasteiger partial charge on any atom is -0.508 e. The van der Waals surface area contributed by atoms with Gasteiger partial charge in [0.25, 0.3) is 0 Å². The van der Waals surface area contributed by atoms with Gasteiger partial charge in [-0.25, -0.2) is 4.98 Å². The Kier molecular flexibility index (Phi) is 1.83. The number of hydrogen-bond acceptors (Lipinski definition) is 2. The van der Waals surface area contributed by atoms with E-state index in [-0.39, 0.29) is 5.75 Å². The minimum atomic E-state index is 0.259. The summed E-state index contributed by atoms with van der Waals surface area (Å²) >= 11 is 0. The number of fused-ring (bicyclic) bond motifs is 2. The van der Waals surface area contributed by atoms with Gasteiger partial charge in [0.15, 0.2) is 0 Å². The summed E-state index contributed by atoms with van der Waals surface area (Å²) in [6.07, 6.45) is 0. The van der Waals surface area contributed by atoms with E-state index < -0.39 is 0 Å². The van der Waals surface area contributed by atoms with Gasteiger partial charge in [0, 0.05) is 16.8 Å². The number of phenols is 1. The average Bonchev–Trinajstić information content (AvgIpc) is 2.29. The summed E-state index contributed by atoms with van der Waals surface area (Å²) in [7, 11) is 0. The summed E-state index contributed by atoms with van der Waals surface area (Å²) in [5.41, 5.74) is 3.02. The predicted molar refractivity (Wildman–Crippen MR) is 65.7 cm³/mol. The highest BCUT2D eigenvalue weighted by atomic mass is 16.3. The van der Waals surface area contributed by atoms with Crippen molar-refractivity contribution in [2.45, 2.75) is 6.92 Å². The number of phenolic OH excluding ortho intramolecular Hbond substituents is 1. The summed E-state index contributed by atoms with van der Waals surface area (Å²) < 4.78 is 0.